The van der Waals surface area contributed by atoms with Crippen LogP contribution in [0.25, 0.3) is 5.65 Å². The number of nitrogens with zero attached hydrogens (tertiary/aromatic N) is 2. The fourth-order valence-corrected chi connectivity index (χ4v) is 2.24. The number of pyridine rings is 1. The number of fused-ring (bicyclic) bond motifs is 1. The maximum absolute atomic E-state index is 5.16. The van der Waals surface area contributed by atoms with E-state index in [1.165, 1.54) is 11.3 Å². The Morgan fingerprint density at radius 2 is 1.89 bits per heavy atom. The Balaban J connectivity index is 1.90. The Kier molecular flexibility index (Phi) is 2.95. The second-order valence-corrected chi connectivity index (χ2v) is 4.65. The van der Waals surface area contributed by atoms with E-state index in [1.54, 1.807) is 7.11 Å². The summed E-state index contributed by atoms with van der Waals surface area (Å²) in [5, 5.41) is 0. The summed E-state index contributed by atoms with van der Waals surface area (Å²) in [7, 11) is 1.68. The van der Waals surface area contributed by atoms with E-state index in [4.69, 9.17) is 4.74 Å². The molecule has 0 atom stereocenters. The van der Waals surface area contributed by atoms with Gasteiger partial charge in [0.2, 0.25) is 0 Å². The van der Waals surface area contributed by atoms with Crippen LogP contribution in [0.4, 0.5) is 0 Å². The number of methoxy groups -OCH3 is 1. The zero-order valence-corrected chi connectivity index (χ0v) is 11.1. The second-order valence-electron chi connectivity index (χ2n) is 4.65. The van der Waals surface area contributed by atoms with E-state index in [0.29, 0.717) is 0 Å². The average molecular weight is 252 g/mol. The van der Waals surface area contributed by atoms with E-state index in [2.05, 4.69) is 40.7 Å². The molecule has 0 saturated carbocycles. The molecule has 3 nitrogen and oxygen atoms in total. The summed E-state index contributed by atoms with van der Waals surface area (Å²) < 4.78 is 7.29. The number of imidazole rings is 1. The van der Waals surface area contributed by atoms with E-state index in [-0.39, 0.29) is 0 Å². The van der Waals surface area contributed by atoms with E-state index in [0.717, 1.165) is 23.5 Å². The van der Waals surface area contributed by atoms with E-state index in [1.807, 2.05) is 24.3 Å². The molecule has 2 aromatic heterocycles. The Morgan fingerprint density at radius 1 is 1.11 bits per heavy atom. The van der Waals surface area contributed by atoms with Gasteiger partial charge in [0.05, 0.1) is 12.8 Å². The van der Waals surface area contributed by atoms with Crippen molar-refractivity contribution in [3.05, 3.63) is 65.6 Å². The molecule has 0 saturated heterocycles. The minimum Gasteiger partial charge on any atom is -0.497 e. The number of hydrogen-bond acceptors (Lipinski definition) is 2. The monoisotopic (exact) mass is 252 g/mol. The van der Waals surface area contributed by atoms with Crippen molar-refractivity contribution in [2.24, 2.45) is 0 Å². The van der Waals surface area contributed by atoms with Crippen LogP contribution in [0.5, 0.6) is 5.75 Å². The molecule has 3 aromatic rings. The van der Waals surface area contributed by atoms with Gasteiger partial charge in [-0.1, -0.05) is 18.2 Å². The summed E-state index contributed by atoms with van der Waals surface area (Å²) in [6, 6.07) is 14.3. The van der Waals surface area contributed by atoms with Gasteiger partial charge in [-0.15, -0.1) is 0 Å². The quantitative estimate of drug-likeness (QED) is 0.715. The molecule has 0 radical (unpaired) electrons. The van der Waals surface area contributed by atoms with Gasteiger partial charge in [-0.25, -0.2) is 4.98 Å². The van der Waals surface area contributed by atoms with E-state index < -0.39 is 0 Å². The zero-order valence-electron chi connectivity index (χ0n) is 11.1. The second kappa shape index (κ2) is 4.76. The van der Waals surface area contributed by atoms with E-state index in [9.17, 15) is 0 Å². The van der Waals surface area contributed by atoms with Gasteiger partial charge in [-0.2, -0.15) is 0 Å². The van der Waals surface area contributed by atoms with Crippen molar-refractivity contribution < 1.29 is 4.74 Å². The van der Waals surface area contributed by atoms with Crippen LogP contribution in [0, 0.1) is 6.92 Å². The molecule has 3 heteroatoms. The van der Waals surface area contributed by atoms with Gasteiger partial charge >= 0.3 is 0 Å². The smallest absolute Gasteiger partial charge is 0.137 e. The van der Waals surface area contributed by atoms with Gasteiger partial charge in [0.1, 0.15) is 11.4 Å². The lowest BCUT2D eigenvalue weighted by atomic mass is 10.1. The highest BCUT2D eigenvalue weighted by Crippen LogP contribution is 2.15. The van der Waals surface area contributed by atoms with Crippen LogP contribution in [-0.2, 0) is 6.42 Å². The van der Waals surface area contributed by atoms with Crippen LogP contribution in [-0.4, -0.2) is 16.5 Å². The molecule has 0 amide bonds. The molecule has 2 heterocycles. The molecule has 0 aliphatic rings. The number of aromatic nitrogens is 2. The summed E-state index contributed by atoms with van der Waals surface area (Å²) in [4.78, 5) is 4.64. The first kappa shape index (κ1) is 11.8. The molecular weight excluding hydrogens is 236 g/mol. The Hall–Kier alpha value is -2.29. The normalized spacial score (nSPS) is 10.8. The van der Waals surface area contributed by atoms with Crippen LogP contribution in [0.3, 0.4) is 0 Å². The third-order valence-corrected chi connectivity index (χ3v) is 3.29. The van der Waals surface area contributed by atoms with E-state index >= 15 is 0 Å². The van der Waals surface area contributed by atoms with Crippen LogP contribution >= 0.6 is 0 Å². The molecule has 0 fully saturated rings. The topological polar surface area (TPSA) is 26.5 Å². The highest BCUT2D eigenvalue weighted by Gasteiger charge is 2.04. The lowest BCUT2D eigenvalue weighted by Gasteiger charge is -2.01. The van der Waals surface area contributed by atoms with Crippen molar-refractivity contribution in [3.8, 4) is 5.75 Å². The van der Waals surface area contributed by atoms with Gasteiger partial charge in [-0.3, -0.25) is 0 Å². The predicted molar refractivity (Wildman–Crippen MR) is 75.7 cm³/mol. The Bertz CT molecular complexity index is 698. The summed E-state index contributed by atoms with van der Waals surface area (Å²) in [6.45, 7) is 2.09. The standard InChI is InChI=1S/C16H16N2O/c1-12-4-3-5-16-17-14(11-18(12)16)10-13-6-8-15(19-2)9-7-13/h3-9,11H,10H2,1-2H3. The van der Waals surface area contributed by atoms with Gasteiger partial charge < -0.3 is 9.14 Å². The van der Waals surface area contributed by atoms with Crippen molar-refractivity contribution >= 4 is 5.65 Å². The van der Waals surface area contributed by atoms with Crippen molar-refractivity contribution in [2.75, 3.05) is 7.11 Å². The molecule has 0 bridgehead atoms. The molecule has 19 heavy (non-hydrogen) atoms. The van der Waals surface area contributed by atoms with Crippen LogP contribution in [0.15, 0.2) is 48.7 Å². The van der Waals surface area contributed by atoms with Crippen molar-refractivity contribution in [2.45, 2.75) is 13.3 Å². The number of aryl methyl sites for hydroxylation is 1. The van der Waals surface area contributed by atoms with Crippen molar-refractivity contribution in [3.63, 3.8) is 0 Å². The number of benzene rings is 1. The van der Waals surface area contributed by atoms with Crippen LogP contribution < -0.4 is 4.74 Å². The predicted octanol–water partition coefficient (Wildman–Crippen LogP) is 3.24. The first-order valence-electron chi connectivity index (χ1n) is 6.33. The molecular formula is C16H16N2O. The maximum Gasteiger partial charge on any atom is 0.137 e. The van der Waals surface area contributed by atoms with Crippen LogP contribution in [0.1, 0.15) is 17.0 Å². The SMILES string of the molecule is COc1ccc(Cc2cn3c(C)cccc3n2)cc1. The first-order valence-corrected chi connectivity index (χ1v) is 6.33. The minimum absolute atomic E-state index is 0.838. The number of rotatable bonds is 3. The number of ether oxygens (including phenoxy) is 1. The lowest BCUT2D eigenvalue weighted by Crippen LogP contribution is -1.89. The fourth-order valence-electron chi connectivity index (χ4n) is 2.24. The summed E-state index contributed by atoms with van der Waals surface area (Å²) >= 11 is 0. The van der Waals surface area contributed by atoms with Gasteiger partial charge in [0, 0.05) is 18.3 Å². The molecule has 96 valence electrons. The molecule has 3 rings (SSSR count). The van der Waals surface area contributed by atoms with Crippen LogP contribution in [0.2, 0.25) is 0 Å². The third kappa shape index (κ3) is 2.32. The van der Waals surface area contributed by atoms with Crippen molar-refractivity contribution in [1.29, 1.82) is 0 Å². The summed E-state index contributed by atoms with van der Waals surface area (Å²) in [5.41, 5.74) is 4.52. The summed E-state index contributed by atoms with van der Waals surface area (Å²) in [5.74, 6) is 0.884. The Labute approximate surface area is 112 Å². The van der Waals surface area contributed by atoms with Gasteiger partial charge in [-0.05, 0) is 36.8 Å². The Morgan fingerprint density at radius 3 is 2.58 bits per heavy atom. The maximum atomic E-state index is 5.16. The molecule has 1 aromatic carbocycles. The molecule has 0 N–H and O–H groups in total. The first-order chi connectivity index (χ1) is 9.26. The van der Waals surface area contributed by atoms with Crippen molar-refractivity contribution in [1.82, 2.24) is 9.38 Å². The molecule has 0 unspecified atom stereocenters. The zero-order chi connectivity index (χ0) is 13.2. The lowest BCUT2D eigenvalue weighted by molar-refractivity contribution is 0.414. The highest BCUT2D eigenvalue weighted by molar-refractivity contribution is 5.42. The fraction of sp³-hybridized carbons (Fsp3) is 0.188. The molecule has 0 spiro atoms. The molecule has 0 aliphatic heterocycles. The largest absolute Gasteiger partial charge is 0.497 e. The highest BCUT2D eigenvalue weighted by atomic mass is 16.5. The van der Waals surface area contributed by atoms with Gasteiger partial charge in [0.15, 0.2) is 0 Å². The van der Waals surface area contributed by atoms with Gasteiger partial charge in [0.25, 0.3) is 0 Å². The molecule has 0 aliphatic carbocycles. The third-order valence-electron chi connectivity index (χ3n) is 3.29. The number of hydrogen-bond donors (Lipinski definition) is 0. The summed E-state index contributed by atoms with van der Waals surface area (Å²) in [6.07, 6.45) is 2.94. The average Bonchev–Trinajstić information content (AvgIpc) is 2.84. The minimum atomic E-state index is 0.838.